The van der Waals surface area contributed by atoms with Crippen molar-refractivity contribution in [2.75, 3.05) is 13.1 Å². The van der Waals surface area contributed by atoms with Gasteiger partial charge in [0.15, 0.2) is 0 Å². The van der Waals surface area contributed by atoms with Crippen molar-refractivity contribution in [3.63, 3.8) is 0 Å². The molecule has 1 saturated carbocycles. The number of benzene rings is 1. The average Bonchev–Trinajstić information content (AvgIpc) is 2.83. The summed E-state index contributed by atoms with van der Waals surface area (Å²) in [6.07, 6.45) is 3.04. The van der Waals surface area contributed by atoms with E-state index in [0.717, 1.165) is 24.8 Å². The van der Waals surface area contributed by atoms with Crippen LogP contribution < -0.4 is 0 Å². The number of amides is 1. The number of hydrogen-bond donors (Lipinski definition) is 1. The fourth-order valence-corrected chi connectivity index (χ4v) is 3.19. The van der Waals surface area contributed by atoms with Gasteiger partial charge in [-0.15, -0.1) is 0 Å². The second-order valence-electron chi connectivity index (χ2n) is 5.83. The van der Waals surface area contributed by atoms with E-state index in [9.17, 15) is 14.7 Å². The summed E-state index contributed by atoms with van der Waals surface area (Å²) in [5, 5.41) is 9.42. The normalized spacial score (nSPS) is 26.3. The van der Waals surface area contributed by atoms with Gasteiger partial charge in [0.05, 0.1) is 5.92 Å². The Balaban J connectivity index is 1.79. The number of rotatable bonds is 3. The number of hydrogen-bond acceptors (Lipinski definition) is 2. The minimum atomic E-state index is -0.803. The van der Waals surface area contributed by atoms with Gasteiger partial charge in [0.25, 0.3) is 0 Å². The van der Waals surface area contributed by atoms with E-state index in [4.69, 9.17) is 0 Å². The third-order valence-electron chi connectivity index (χ3n) is 4.63. The smallest absolute Gasteiger partial charge is 0.308 e. The van der Waals surface area contributed by atoms with Crippen molar-refractivity contribution in [1.82, 2.24) is 4.90 Å². The number of aliphatic carboxylic acids is 1. The lowest BCUT2D eigenvalue weighted by Crippen LogP contribution is -2.37. The molecule has 1 aromatic rings. The maximum absolute atomic E-state index is 12.3. The lowest BCUT2D eigenvalue weighted by molar-refractivity contribution is -0.142. The molecule has 1 aromatic carbocycles. The third-order valence-corrected chi connectivity index (χ3v) is 4.63. The molecule has 1 amide bonds. The summed E-state index contributed by atoms with van der Waals surface area (Å²) in [6, 6.07) is 9.68. The summed E-state index contributed by atoms with van der Waals surface area (Å²) in [5.41, 5.74) is 1.02. The fourth-order valence-electron chi connectivity index (χ4n) is 3.19. The number of carboxylic acids is 1. The Hall–Kier alpha value is -1.84. The summed E-state index contributed by atoms with van der Waals surface area (Å²) in [4.78, 5) is 25.5. The van der Waals surface area contributed by atoms with E-state index in [2.05, 4.69) is 0 Å². The Labute approximate surface area is 118 Å². The predicted octanol–water partition coefficient (Wildman–Crippen LogP) is 2.11. The van der Waals surface area contributed by atoms with E-state index in [0.29, 0.717) is 13.1 Å². The number of nitrogens with zero attached hydrogens (tertiary/aromatic N) is 1. The van der Waals surface area contributed by atoms with Crippen LogP contribution in [0.4, 0.5) is 0 Å². The maximum atomic E-state index is 12.3. The predicted molar refractivity (Wildman–Crippen MR) is 74.2 cm³/mol. The number of carboxylic acid groups (broad SMARTS) is 1. The zero-order valence-electron chi connectivity index (χ0n) is 11.4. The van der Waals surface area contributed by atoms with Gasteiger partial charge >= 0.3 is 5.97 Å². The molecule has 1 saturated heterocycles. The highest BCUT2D eigenvalue weighted by atomic mass is 16.4. The van der Waals surface area contributed by atoms with E-state index in [1.54, 1.807) is 4.90 Å². The lowest BCUT2D eigenvalue weighted by atomic mass is 9.84. The minimum absolute atomic E-state index is 0.0854. The van der Waals surface area contributed by atoms with E-state index in [1.165, 1.54) is 0 Å². The molecule has 2 aliphatic rings. The fraction of sp³-hybridized carbons (Fsp3) is 0.500. The van der Waals surface area contributed by atoms with Gasteiger partial charge in [-0.2, -0.15) is 0 Å². The van der Waals surface area contributed by atoms with Crippen molar-refractivity contribution in [1.29, 1.82) is 0 Å². The van der Waals surface area contributed by atoms with Gasteiger partial charge in [-0.3, -0.25) is 9.59 Å². The molecule has 2 atom stereocenters. The summed E-state index contributed by atoms with van der Waals surface area (Å²) < 4.78 is 0. The Kier molecular flexibility index (Phi) is 3.47. The number of carbonyl (C=O) groups excluding carboxylic acids is 1. The van der Waals surface area contributed by atoms with Crippen LogP contribution in [0.5, 0.6) is 0 Å². The van der Waals surface area contributed by atoms with E-state index in [1.807, 2.05) is 30.3 Å². The first-order chi connectivity index (χ1) is 9.66. The molecular weight excluding hydrogens is 254 g/mol. The van der Waals surface area contributed by atoms with Gasteiger partial charge in [-0.25, -0.2) is 0 Å². The summed E-state index contributed by atoms with van der Waals surface area (Å²) in [6.45, 7) is 0.889. The van der Waals surface area contributed by atoms with E-state index < -0.39 is 11.9 Å². The molecular formula is C16H19NO3. The van der Waals surface area contributed by atoms with Crippen LogP contribution in [0, 0.1) is 11.8 Å². The summed E-state index contributed by atoms with van der Waals surface area (Å²) in [7, 11) is 0. The Morgan fingerprint density at radius 3 is 2.35 bits per heavy atom. The van der Waals surface area contributed by atoms with Crippen molar-refractivity contribution >= 4 is 11.9 Å². The van der Waals surface area contributed by atoms with Crippen LogP contribution >= 0.6 is 0 Å². The molecule has 4 heteroatoms. The molecule has 1 aliphatic heterocycles. The van der Waals surface area contributed by atoms with E-state index in [-0.39, 0.29) is 17.7 Å². The molecule has 1 N–H and O–H groups in total. The number of likely N-dealkylation sites (tertiary alicyclic amines) is 1. The Morgan fingerprint density at radius 2 is 1.80 bits per heavy atom. The molecule has 0 spiro atoms. The van der Waals surface area contributed by atoms with Crippen molar-refractivity contribution in [3.8, 4) is 0 Å². The quantitative estimate of drug-likeness (QED) is 0.917. The van der Waals surface area contributed by atoms with Crippen LogP contribution in [0.15, 0.2) is 30.3 Å². The standard InChI is InChI=1S/C16H19NO3/c18-15(12-7-4-8-12)17-9-13(14(10-17)16(19)20)11-5-2-1-3-6-11/h1-3,5-6,12-14H,4,7-10H2,(H,19,20)/t13-,14-/m1/s1. The van der Waals surface area contributed by atoms with E-state index >= 15 is 0 Å². The highest BCUT2D eigenvalue weighted by molar-refractivity contribution is 5.82. The molecule has 0 aromatic heterocycles. The molecule has 1 aliphatic carbocycles. The second-order valence-corrected chi connectivity index (χ2v) is 5.83. The highest BCUT2D eigenvalue weighted by Gasteiger charge is 2.42. The molecule has 1 heterocycles. The molecule has 20 heavy (non-hydrogen) atoms. The monoisotopic (exact) mass is 273 g/mol. The SMILES string of the molecule is O=C(O)[C@@H]1CN(C(=O)C2CCC2)C[C@@H]1c1ccccc1. The van der Waals surface area contributed by atoms with Crippen molar-refractivity contribution in [2.45, 2.75) is 25.2 Å². The van der Waals surface area contributed by atoms with Crippen LogP contribution in [0.3, 0.4) is 0 Å². The van der Waals surface area contributed by atoms with Gasteiger partial charge in [0.1, 0.15) is 0 Å². The number of carbonyl (C=O) groups is 2. The van der Waals surface area contributed by atoms with Gasteiger partial charge < -0.3 is 10.0 Å². The zero-order chi connectivity index (χ0) is 14.1. The van der Waals surface area contributed by atoms with Gasteiger partial charge in [0.2, 0.25) is 5.91 Å². The first-order valence-corrected chi connectivity index (χ1v) is 7.23. The minimum Gasteiger partial charge on any atom is -0.481 e. The zero-order valence-corrected chi connectivity index (χ0v) is 11.4. The third kappa shape index (κ3) is 2.30. The largest absolute Gasteiger partial charge is 0.481 e. The second kappa shape index (κ2) is 5.27. The van der Waals surface area contributed by atoms with Crippen molar-refractivity contribution in [3.05, 3.63) is 35.9 Å². The molecule has 4 nitrogen and oxygen atoms in total. The Morgan fingerprint density at radius 1 is 1.10 bits per heavy atom. The van der Waals surface area contributed by atoms with Crippen molar-refractivity contribution < 1.29 is 14.7 Å². The Bertz CT molecular complexity index is 510. The first kappa shape index (κ1) is 13.2. The van der Waals surface area contributed by atoms with Crippen LogP contribution in [-0.2, 0) is 9.59 Å². The van der Waals surface area contributed by atoms with Crippen LogP contribution in [0.2, 0.25) is 0 Å². The van der Waals surface area contributed by atoms with Crippen LogP contribution in [-0.4, -0.2) is 35.0 Å². The topological polar surface area (TPSA) is 57.6 Å². The molecule has 3 rings (SSSR count). The van der Waals surface area contributed by atoms with Crippen molar-refractivity contribution in [2.24, 2.45) is 11.8 Å². The average molecular weight is 273 g/mol. The van der Waals surface area contributed by atoms with Gasteiger partial charge in [0, 0.05) is 24.9 Å². The van der Waals surface area contributed by atoms with Crippen LogP contribution in [0.25, 0.3) is 0 Å². The highest BCUT2D eigenvalue weighted by Crippen LogP contribution is 2.36. The summed E-state index contributed by atoms with van der Waals surface area (Å²) >= 11 is 0. The summed E-state index contributed by atoms with van der Waals surface area (Å²) in [5.74, 6) is -1.08. The molecule has 106 valence electrons. The maximum Gasteiger partial charge on any atom is 0.308 e. The molecule has 0 bridgehead atoms. The lowest BCUT2D eigenvalue weighted by Gasteiger charge is -2.29. The molecule has 0 radical (unpaired) electrons. The molecule has 2 fully saturated rings. The molecule has 0 unspecified atom stereocenters. The first-order valence-electron chi connectivity index (χ1n) is 7.23. The van der Waals surface area contributed by atoms with Crippen LogP contribution in [0.1, 0.15) is 30.7 Å². The van der Waals surface area contributed by atoms with Gasteiger partial charge in [-0.05, 0) is 18.4 Å². The van der Waals surface area contributed by atoms with Gasteiger partial charge in [-0.1, -0.05) is 36.8 Å².